The molecule has 0 aliphatic carbocycles. The summed E-state index contributed by atoms with van der Waals surface area (Å²) in [5.74, 6) is 7.36. The minimum Gasteiger partial charge on any atom is -0.243 e. The number of rotatable bonds is 6. The van der Waals surface area contributed by atoms with Crippen LogP contribution >= 0.6 is 46.4 Å². The molecule has 0 saturated heterocycles. The van der Waals surface area contributed by atoms with Crippen molar-refractivity contribution >= 4 is 107 Å². The number of fused-ring (bicyclic) bond motifs is 4. The van der Waals surface area contributed by atoms with Gasteiger partial charge in [-0.3, -0.25) is 0 Å². The van der Waals surface area contributed by atoms with Gasteiger partial charge in [-0.25, -0.2) is 19.9 Å². The first-order chi connectivity index (χ1) is 23.0. The average molecular weight is 767 g/mol. The quantitative estimate of drug-likeness (QED) is 0.0981. The fraction of sp³-hybridized carbons (Fsp3) is 0.436. The number of hydrogen-bond donors (Lipinski definition) is 0. The number of nitrogens with zero attached hydrogens (tertiary/aromatic N) is 4. The number of hydrogen-bond acceptors (Lipinski definition) is 4. The molecule has 0 bridgehead atoms. The van der Waals surface area contributed by atoms with Crippen molar-refractivity contribution in [3.8, 4) is 22.9 Å². The number of halogens is 4. The lowest BCUT2D eigenvalue weighted by Gasteiger charge is -2.38. The molecule has 4 nitrogen and oxygen atoms in total. The Hall–Kier alpha value is -2.43. The Labute approximate surface area is 313 Å². The van der Waals surface area contributed by atoms with Crippen molar-refractivity contribution in [2.24, 2.45) is 0 Å². The molecule has 49 heavy (non-hydrogen) atoms. The molecule has 0 fully saturated rings. The van der Waals surface area contributed by atoms with E-state index >= 15 is 0 Å². The Balaban J connectivity index is 2.08. The molecule has 0 aliphatic rings. The van der Waals surface area contributed by atoms with Crippen LogP contribution in [0, 0.1) is 22.9 Å². The minimum absolute atomic E-state index is 0.409. The first-order valence-electron chi connectivity index (χ1n) is 17.1. The molecule has 0 atom stereocenters. The SMILES string of the molecule is CC[Si](C#Cc1c2nc3cc(Cl)c(Cl)cc3nc2c(C#C[Si](C(C)C)(C(C)C)C(C)C)c2nc3cc(Cl)c(Cl)cc3nc12)(C(C)C)C(C)C. The predicted octanol–water partition coefficient (Wildman–Crippen LogP) is 13.2. The lowest BCUT2D eigenvalue weighted by atomic mass is 10.0. The maximum absolute atomic E-state index is 6.51. The molecular formula is C39H44Cl4N4Si2. The number of benzene rings is 3. The van der Waals surface area contributed by atoms with E-state index in [-0.39, 0.29) is 0 Å². The van der Waals surface area contributed by atoms with Crippen LogP contribution in [0.5, 0.6) is 0 Å². The third kappa shape index (κ3) is 6.59. The summed E-state index contributed by atoms with van der Waals surface area (Å²) in [7, 11) is -4.24. The largest absolute Gasteiger partial charge is 0.243 e. The molecule has 5 aromatic rings. The van der Waals surface area contributed by atoms with Gasteiger partial charge >= 0.3 is 0 Å². The summed E-state index contributed by atoms with van der Waals surface area (Å²) >= 11 is 26.0. The van der Waals surface area contributed by atoms with E-state index in [0.29, 0.717) is 103 Å². The van der Waals surface area contributed by atoms with Gasteiger partial charge in [0.15, 0.2) is 0 Å². The summed E-state index contributed by atoms with van der Waals surface area (Å²) in [5.41, 5.74) is 16.3. The van der Waals surface area contributed by atoms with Gasteiger partial charge in [-0.15, -0.1) is 11.1 Å². The molecule has 5 rings (SSSR count). The van der Waals surface area contributed by atoms with E-state index in [0.717, 1.165) is 6.04 Å². The Kier molecular flexibility index (Phi) is 11.0. The van der Waals surface area contributed by atoms with Crippen molar-refractivity contribution in [2.75, 3.05) is 0 Å². The third-order valence-electron chi connectivity index (χ3n) is 10.7. The monoisotopic (exact) mass is 764 g/mol. The highest BCUT2D eigenvalue weighted by Crippen LogP contribution is 2.42. The molecule has 0 N–H and O–H groups in total. The fourth-order valence-corrected chi connectivity index (χ4v) is 17.8. The number of aromatic nitrogens is 4. The van der Waals surface area contributed by atoms with E-state index in [1.165, 1.54) is 0 Å². The third-order valence-corrected chi connectivity index (χ3v) is 24.3. The standard InChI is InChI=1S/C39H44Cl4N4Si2/c1-12-48(21(2)3,22(4)5)15-13-26-36-38(46-34-19-30(42)28(40)17-32(34)44-36)27(14-16-49(23(6)7,24(8)9)25(10)11)39-37(26)45-33-18-29(41)31(43)20-35(33)47-39/h17-25H,12H2,1-11H3. The normalized spacial score (nSPS) is 12.7. The van der Waals surface area contributed by atoms with E-state index < -0.39 is 16.1 Å². The van der Waals surface area contributed by atoms with Crippen LogP contribution in [0.3, 0.4) is 0 Å². The Morgan fingerprint density at radius 2 is 0.776 bits per heavy atom. The molecule has 0 spiro atoms. The van der Waals surface area contributed by atoms with E-state index in [2.05, 4.69) is 99.1 Å². The first-order valence-corrected chi connectivity index (χ1v) is 23.2. The summed E-state index contributed by atoms with van der Waals surface area (Å²) in [6.07, 6.45) is 0. The molecule has 0 amide bonds. The molecule has 10 heteroatoms. The Bertz CT molecular complexity index is 2100. The van der Waals surface area contributed by atoms with E-state index in [4.69, 9.17) is 66.3 Å². The molecule has 0 saturated carbocycles. The van der Waals surface area contributed by atoms with Crippen molar-refractivity contribution < 1.29 is 0 Å². The van der Waals surface area contributed by atoms with E-state index in [1.807, 2.05) is 0 Å². The van der Waals surface area contributed by atoms with Gasteiger partial charge in [0.1, 0.15) is 38.2 Å². The minimum atomic E-state index is -2.17. The van der Waals surface area contributed by atoms with Crippen LogP contribution in [0.15, 0.2) is 24.3 Å². The molecule has 0 aliphatic heterocycles. The summed E-state index contributed by atoms with van der Waals surface area (Å²) < 4.78 is 0. The van der Waals surface area contributed by atoms with Crippen LogP contribution in [0.4, 0.5) is 0 Å². The highest BCUT2D eigenvalue weighted by Gasteiger charge is 2.42. The molecule has 2 aromatic heterocycles. The van der Waals surface area contributed by atoms with Gasteiger partial charge in [-0.1, -0.05) is 134 Å². The van der Waals surface area contributed by atoms with Crippen LogP contribution < -0.4 is 0 Å². The lowest BCUT2D eigenvalue weighted by Crippen LogP contribution is -2.43. The van der Waals surface area contributed by atoms with Crippen LogP contribution in [0.25, 0.3) is 44.1 Å². The van der Waals surface area contributed by atoms with Crippen LogP contribution in [-0.2, 0) is 0 Å². The molecule has 2 heterocycles. The second-order valence-electron chi connectivity index (χ2n) is 14.7. The summed E-state index contributed by atoms with van der Waals surface area (Å²) in [6, 6.07) is 8.07. The smallest absolute Gasteiger partial charge is 0.146 e. The molecule has 3 aromatic carbocycles. The van der Waals surface area contributed by atoms with Gasteiger partial charge in [0.05, 0.1) is 53.3 Å². The molecule has 0 unspecified atom stereocenters. The predicted molar refractivity (Wildman–Crippen MR) is 219 cm³/mol. The van der Waals surface area contributed by atoms with Gasteiger partial charge < -0.3 is 0 Å². The van der Waals surface area contributed by atoms with Crippen molar-refractivity contribution in [3.63, 3.8) is 0 Å². The van der Waals surface area contributed by atoms with Gasteiger partial charge in [-0.2, -0.15) is 0 Å². The van der Waals surface area contributed by atoms with Crippen LogP contribution in [-0.4, -0.2) is 36.1 Å². The zero-order valence-electron chi connectivity index (χ0n) is 30.2. The van der Waals surface area contributed by atoms with Crippen molar-refractivity contribution in [1.82, 2.24) is 19.9 Å². The van der Waals surface area contributed by atoms with Crippen molar-refractivity contribution in [1.29, 1.82) is 0 Å². The van der Waals surface area contributed by atoms with E-state index in [1.54, 1.807) is 24.3 Å². The zero-order valence-corrected chi connectivity index (χ0v) is 35.2. The second-order valence-corrected chi connectivity index (χ2v) is 27.3. The average Bonchev–Trinajstić information content (AvgIpc) is 3.01. The highest BCUT2D eigenvalue weighted by atomic mass is 35.5. The Morgan fingerprint density at radius 1 is 0.490 bits per heavy atom. The van der Waals surface area contributed by atoms with Gasteiger partial charge in [0, 0.05) is 0 Å². The fourth-order valence-electron chi connectivity index (χ4n) is 7.90. The molecular weight excluding hydrogens is 722 g/mol. The Morgan fingerprint density at radius 3 is 1.02 bits per heavy atom. The van der Waals surface area contributed by atoms with Crippen LogP contribution in [0.1, 0.15) is 87.3 Å². The molecule has 0 radical (unpaired) electrons. The van der Waals surface area contributed by atoms with Gasteiger partial charge in [0.25, 0.3) is 0 Å². The topological polar surface area (TPSA) is 51.6 Å². The summed E-state index contributed by atoms with van der Waals surface area (Å²) in [6.45, 7) is 25.3. The first kappa shape index (κ1) is 37.8. The maximum Gasteiger partial charge on any atom is 0.146 e. The summed E-state index contributed by atoms with van der Waals surface area (Å²) in [5, 5.41) is 1.64. The van der Waals surface area contributed by atoms with Crippen molar-refractivity contribution in [3.05, 3.63) is 55.5 Å². The highest BCUT2D eigenvalue weighted by molar-refractivity contribution is 6.90. The summed E-state index contributed by atoms with van der Waals surface area (Å²) in [4.78, 5) is 20.8. The van der Waals surface area contributed by atoms with Crippen LogP contribution in [0.2, 0.25) is 53.8 Å². The molecule has 256 valence electrons. The lowest BCUT2D eigenvalue weighted by molar-refractivity contribution is 0.838. The maximum atomic E-state index is 6.51. The second kappa shape index (κ2) is 14.3. The van der Waals surface area contributed by atoms with Gasteiger partial charge in [-0.05, 0) is 58.0 Å². The van der Waals surface area contributed by atoms with E-state index in [9.17, 15) is 0 Å². The van der Waals surface area contributed by atoms with Gasteiger partial charge in [0.2, 0.25) is 0 Å². The van der Waals surface area contributed by atoms with Crippen molar-refractivity contribution in [2.45, 2.75) is 110 Å². The zero-order chi connectivity index (χ0) is 36.2.